The molecule has 0 aliphatic heterocycles. The molecular formula is C23H25NO4. The van der Waals surface area contributed by atoms with Gasteiger partial charge in [-0.3, -0.25) is 14.5 Å². The molecule has 0 aliphatic rings. The van der Waals surface area contributed by atoms with Crippen molar-refractivity contribution in [1.82, 2.24) is 4.90 Å². The molecule has 0 radical (unpaired) electrons. The first-order valence-corrected chi connectivity index (χ1v) is 8.78. The molecule has 0 aliphatic carbocycles. The van der Waals surface area contributed by atoms with Crippen LogP contribution >= 0.6 is 0 Å². The third-order valence-electron chi connectivity index (χ3n) is 4.27. The Morgan fingerprint density at radius 2 is 1.14 bits per heavy atom. The zero-order valence-corrected chi connectivity index (χ0v) is 16.5. The summed E-state index contributed by atoms with van der Waals surface area (Å²) in [4.78, 5) is 27.2. The van der Waals surface area contributed by atoms with E-state index >= 15 is 0 Å². The van der Waals surface area contributed by atoms with E-state index in [-0.39, 0.29) is 11.6 Å². The maximum atomic E-state index is 12.7. The summed E-state index contributed by atoms with van der Waals surface area (Å²) in [6.07, 6.45) is 0. The van der Waals surface area contributed by atoms with Gasteiger partial charge < -0.3 is 9.47 Å². The first-order chi connectivity index (χ1) is 13.4. The normalized spacial score (nSPS) is 10.4. The standard InChI is InChI=1S/C23H25NO4/c1-16(22(25)18-10-6-8-12-20(18)27-4)14-24(3)15-17(2)23(26)19-11-7-9-13-21(19)28-5/h6-13H,1-2,14-15H2,3-5H3. The molecule has 0 bridgehead atoms. The topological polar surface area (TPSA) is 55.8 Å². The maximum Gasteiger partial charge on any atom is 0.193 e. The lowest BCUT2D eigenvalue weighted by Crippen LogP contribution is -2.28. The lowest BCUT2D eigenvalue weighted by Gasteiger charge is -2.19. The van der Waals surface area contributed by atoms with E-state index in [0.717, 1.165) is 0 Å². The molecule has 2 aromatic rings. The average Bonchev–Trinajstić information content (AvgIpc) is 2.72. The van der Waals surface area contributed by atoms with E-state index in [0.29, 0.717) is 46.9 Å². The zero-order valence-electron chi connectivity index (χ0n) is 16.5. The first-order valence-electron chi connectivity index (χ1n) is 8.78. The highest BCUT2D eigenvalue weighted by molar-refractivity contribution is 6.11. The molecule has 0 saturated heterocycles. The van der Waals surface area contributed by atoms with Gasteiger partial charge in [-0.15, -0.1) is 0 Å². The number of likely N-dealkylation sites (N-methyl/N-ethyl adjacent to an activating group) is 1. The van der Waals surface area contributed by atoms with Crippen LogP contribution in [0.4, 0.5) is 0 Å². The van der Waals surface area contributed by atoms with Gasteiger partial charge in [0.05, 0.1) is 25.3 Å². The van der Waals surface area contributed by atoms with Crippen molar-refractivity contribution in [3.63, 3.8) is 0 Å². The van der Waals surface area contributed by atoms with Crippen molar-refractivity contribution in [2.75, 3.05) is 34.4 Å². The Labute approximate surface area is 165 Å². The van der Waals surface area contributed by atoms with Gasteiger partial charge in [0.25, 0.3) is 0 Å². The fourth-order valence-corrected chi connectivity index (χ4v) is 2.90. The predicted molar refractivity (Wildman–Crippen MR) is 110 cm³/mol. The monoisotopic (exact) mass is 379 g/mol. The molecule has 0 spiro atoms. The van der Waals surface area contributed by atoms with E-state index in [1.807, 2.05) is 4.90 Å². The molecule has 0 atom stereocenters. The molecule has 28 heavy (non-hydrogen) atoms. The van der Waals surface area contributed by atoms with Gasteiger partial charge in [0, 0.05) is 24.2 Å². The van der Waals surface area contributed by atoms with Gasteiger partial charge in [0.15, 0.2) is 11.6 Å². The van der Waals surface area contributed by atoms with Gasteiger partial charge in [-0.05, 0) is 31.3 Å². The number of benzene rings is 2. The Kier molecular flexibility index (Phi) is 7.29. The third-order valence-corrected chi connectivity index (χ3v) is 4.27. The summed E-state index contributed by atoms with van der Waals surface area (Å²) in [6.45, 7) is 8.41. The van der Waals surface area contributed by atoms with E-state index in [2.05, 4.69) is 13.2 Å². The van der Waals surface area contributed by atoms with E-state index in [4.69, 9.17) is 9.47 Å². The number of ketones is 2. The van der Waals surface area contributed by atoms with Crippen LogP contribution < -0.4 is 9.47 Å². The lowest BCUT2D eigenvalue weighted by molar-refractivity contribution is 0.102. The molecule has 0 fully saturated rings. The molecule has 0 heterocycles. The summed E-state index contributed by atoms with van der Waals surface area (Å²) >= 11 is 0. The number of ether oxygens (including phenoxy) is 2. The van der Waals surface area contributed by atoms with Gasteiger partial charge in [-0.1, -0.05) is 37.4 Å². The molecule has 0 saturated carbocycles. The van der Waals surface area contributed by atoms with Crippen LogP contribution in [0.3, 0.4) is 0 Å². The first kappa shape index (κ1) is 21.1. The quantitative estimate of drug-likeness (QED) is 0.464. The van der Waals surface area contributed by atoms with Gasteiger partial charge in [-0.25, -0.2) is 0 Å². The number of para-hydroxylation sites is 2. The van der Waals surface area contributed by atoms with E-state index < -0.39 is 0 Å². The summed E-state index contributed by atoms with van der Waals surface area (Å²) in [5.74, 6) is 0.635. The van der Waals surface area contributed by atoms with Crippen LogP contribution in [0.1, 0.15) is 20.7 Å². The molecular weight excluding hydrogens is 354 g/mol. The fraction of sp³-hybridized carbons (Fsp3) is 0.217. The highest BCUT2D eigenvalue weighted by Gasteiger charge is 2.19. The molecule has 5 nitrogen and oxygen atoms in total. The van der Waals surface area contributed by atoms with Crippen LogP contribution in [0, 0.1) is 0 Å². The van der Waals surface area contributed by atoms with Crippen molar-refractivity contribution in [2.45, 2.75) is 0 Å². The summed E-state index contributed by atoms with van der Waals surface area (Å²) in [5, 5.41) is 0. The van der Waals surface area contributed by atoms with Crippen LogP contribution in [-0.2, 0) is 0 Å². The van der Waals surface area contributed by atoms with Crippen LogP contribution in [0.15, 0.2) is 72.8 Å². The Hall–Kier alpha value is -3.18. The van der Waals surface area contributed by atoms with E-state index in [1.165, 1.54) is 14.2 Å². The van der Waals surface area contributed by atoms with Crippen molar-refractivity contribution >= 4 is 11.6 Å². The number of rotatable bonds is 10. The van der Waals surface area contributed by atoms with E-state index in [9.17, 15) is 9.59 Å². The summed E-state index contributed by atoms with van der Waals surface area (Å²) in [7, 11) is 4.85. The highest BCUT2D eigenvalue weighted by Crippen LogP contribution is 2.22. The molecule has 2 rings (SSSR count). The molecule has 0 amide bonds. The minimum atomic E-state index is -0.189. The molecule has 146 valence electrons. The number of carbonyl (C=O) groups excluding carboxylic acids is 2. The zero-order chi connectivity index (χ0) is 20.7. The average molecular weight is 379 g/mol. The summed E-state index contributed by atoms with van der Waals surface area (Å²) in [6, 6.07) is 14.0. The molecule has 5 heteroatoms. The Bertz CT molecular complexity index is 827. The van der Waals surface area contributed by atoms with Crippen molar-refractivity contribution < 1.29 is 19.1 Å². The van der Waals surface area contributed by atoms with Crippen LogP contribution in [0.25, 0.3) is 0 Å². The Morgan fingerprint density at radius 3 is 1.50 bits per heavy atom. The third kappa shape index (κ3) is 4.96. The molecule has 0 N–H and O–H groups in total. The number of carbonyl (C=O) groups is 2. The minimum absolute atomic E-state index is 0.189. The number of nitrogens with zero attached hydrogens (tertiary/aromatic N) is 1. The molecule has 2 aromatic carbocycles. The predicted octanol–water partition coefficient (Wildman–Crippen LogP) is 3.81. The van der Waals surface area contributed by atoms with Gasteiger partial charge >= 0.3 is 0 Å². The SMILES string of the molecule is C=C(CN(C)CC(=C)C(=O)c1ccccc1OC)C(=O)c1ccccc1OC. The second-order valence-electron chi connectivity index (χ2n) is 6.44. The van der Waals surface area contributed by atoms with Gasteiger partial charge in [-0.2, -0.15) is 0 Å². The molecule has 0 unspecified atom stereocenters. The maximum absolute atomic E-state index is 12.7. The fourth-order valence-electron chi connectivity index (χ4n) is 2.90. The van der Waals surface area contributed by atoms with Crippen LogP contribution in [0.5, 0.6) is 11.5 Å². The highest BCUT2D eigenvalue weighted by atomic mass is 16.5. The van der Waals surface area contributed by atoms with Crippen LogP contribution in [-0.4, -0.2) is 50.8 Å². The van der Waals surface area contributed by atoms with Crippen molar-refractivity contribution in [1.29, 1.82) is 0 Å². The lowest BCUT2D eigenvalue weighted by atomic mass is 10.0. The smallest absolute Gasteiger partial charge is 0.193 e. The summed E-state index contributed by atoms with van der Waals surface area (Å²) in [5.41, 5.74) is 1.74. The Balaban J connectivity index is 2.02. The summed E-state index contributed by atoms with van der Waals surface area (Å²) < 4.78 is 10.5. The number of methoxy groups -OCH3 is 2. The second kappa shape index (κ2) is 9.67. The number of hydrogen-bond acceptors (Lipinski definition) is 5. The minimum Gasteiger partial charge on any atom is -0.496 e. The van der Waals surface area contributed by atoms with Crippen molar-refractivity contribution in [3.8, 4) is 11.5 Å². The number of Topliss-reactive ketones (excluding diaryl/α,β-unsaturated/α-hetero) is 2. The van der Waals surface area contributed by atoms with Gasteiger partial charge in [0.2, 0.25) is 0 Å². The van der Waals surface area contributed by atoms with Gasteiger partial charge in [0.1, 0.15) is 11.5 Å². The van der Waals surface area contributed by atoms with Crippen molar-refractivity contribution in [3.05, 3.63) is 84.0 Å². The molecule has 0 aromatic heterocycles. The Morgan fingerprint density at radius 1 is 0.786 bits per heavy atom. The van der Waals surface area contributed by atoms with Crippen LogP contribution in [0.2, 0.25) is 0 Å². The number of hydrogen-bond donors (Lipinski definition) is 0. The van der Waals surface area contributed by atoms with E-state index in [1.54, 1.807) is 55.6 Å². The largest absolute Gasteiger partial charge is 0.496 e. The van der Waals surface area contributed by atoms with Crippen molar-refractivity contribution in [2.24, 2.45) is 0 Å². The second-order valence-corrected chi connectivity index (χ2v) is 6.44.